The largest absolute Gasteiger partial charge is 0.491 e. The summed E-state index contributed by atoms with van der Waals surface area (Å²) in [6, 6.07) is 7.72. The molecule has 21 heavy (non-hydrogen) atoms. The minimum atomic E-state index is -0.878. The van der Waals surface area contributed by atoms with Crippen LogP contribution in [0.3, 0.4) is 0 Å². The molecule has 1 aromatic carbocycles. The maximum Gasteiger partial charge on any atom is 0.125 e. The van der Waals surface area contributed by atoms with Gasteiger partial charge in [0.25, 0.3) is 0 Å². The minimum Gasteiger partial charge on any atom is -0.491 e. The van der Waals surface area contributed by atoms with E-state index in [1.165, 1.54) is 0 Å². The SMILES string of the molecule is COCCOc1ccccc1C1(O)CCOC(C(C)C)C1. The van der Waals surface area contributed by atoms with Crippen molar-refractivity contribution in [2.75, 3.05) is 26.9 Å². The van der Waals surface area contributed by atoms with Crippen molar-refractivity contribution in [1.29, 1.82) is 0 Å². The summed E-state index contributed by atoms with van der Waals surface area (Å²) in [5, 5.41) is 11.1. The van der Waals surface area contributed by atoms with Crippen LogP contribution in [0.1, 0.15) is 32.3 Å². The van der Waals surface area contributed by atoms with Crippen molar-refractivity contribution in [3.05, 3.63) is 29.8 Å². The molecule has 1 aliphatic rings. The Morgan fingerprint density at radius 1 is 1.33 bits per heavy atom. The van der Waals surface area contributed by atoms with Crippen LogP contribution in [0.4, 0.5) is 0 Å². The molecule has 0 aromatic heterocycles. The van der Waals surface area contributed by atoms with E-state index in [0.29, 0.717) is 38.6 Å². The van der Waals surface area contributed by atoms with E-state index in [0.717, 1.165) is 11.3 Å². The predicted molar refractivity (Wildman–Crippen MR) is 81.5 cm³/mol. The molecule has 118 valence electrons. The quantitative estimate of drug-likeness (QED) is 0.820. The minimum absolute atomic E-state index is 0.0794. The zero-order valence-electron chi connectivity index (χ0n) is 13.2. The van der Waals surface area contributed by atoms with Crippen LogP contribution in [0.2, 0.25) is 0 Å². The average Bonchev–Trinajstić information content (AvgIpc) is 2.48. The molecular weight excluding hydrogens is 268 g/mol. The van der Waals surface area contributed by atoms with Gasteiger partial charge in [-0.05, 0) is 12.0 Å². The summed E-state index contributed by atoms with van der Waals surface area (Å²) < 4.78 is 16.6. The van der Waals surface area contributed by atoms with Gasteiger partial charge in [0.2, 0.25) is 0 Å². The second-order valence-electron chi connectivity index (χ2n) is 5.98. The van der Waals surface area contributed by atoms with Gasteiger partial charge in [0.05, 0.1) is 24.9 Å². The fraction of sp³-hybridized carbons (Fsp3) is 0.647. The molecule has 2 atom stereocenters. The summed E-state index contributed by atoms with van der Waals surface area (Å²) in [5.41, 5.74) is -0.0216. The van der Waals surface area contributed by atoms with Crippen LogP contribution >= 0.6 is 0 Å². The van der Waals surface area contributed by atoms with Crippen molar-refractivity contribution in [3.8, 4) is 5.75 Å². The number of rotatable bonds is 6. The highest BCUT2D eigenvalue weighted by molar-refractivity contribution is 5.38. The van der Waals surface area contributed by atoms with Crippen molar-refractivity contribution in [3.63, 3.8) is 0 Å². The number of hydrogen-bond acceptors (Lipinski definition) is 4. The van der Waals surface area contributed by atoms with E-state index in [1.807, 2.05) is 24.3 Å². The van der Waals surface area contributed by atoms with E-state index in [1.54, 1.807) is 7.11 Å². The van der Waals surface area contributed by atoms with E-state index in [4.69, 9.17) is 14.2 Å². The Morgan fingerprint density at radius 3 is 2.81 bits per heavy atom. The molecule has 1 aliphatic heterocycles. The second-order valence-corrected chi connectivity index (χ2v) is 5.98. The fourth-order valence-corrected chi connectivity index (χ4v) is 2.76. The van der Waals surface area contributed by atoms with Gasteiger partial charge < -0.3 is 19.3 Å². The van der Waals surface area contributed by atoms with E-state index in [2.05, 4.69) is 13.8 Å². The molecule has 0 saturated carbocycles. The van der Waals surface area contributed by atoms with Crippen LogP contribution in [-0.4, -0.2) is 38.1 Å². The Morgan fingerprint density at radius 2 is 2.10 bits per heavy atom. The van der Waals surface area contributed by atoms with E-state index in [-0.39, 0.29) is 6.10 Å². The first-order valence-corrected chi connectivity index (χ1v) is 7.62. The van der Waals surface area contributed by atoms with Crippen LogP contribution in [0.15, 0.2) is 24.3 Å². The zero-order chi connectivity index (χ0) is 15.3. The highest BCUT2D eigenvalue weighted by Gasteiger charge is 2.39. The number of methoxy groups -OCH3 is 1. The van der Waals surface area contributed by atoms with Gasteiger partial charge >= 0.3 is 0 Å². The van der Waals surface area contributed by atoms with Crippen molar-refractivity contribution in [2.45, 2.75) is 38.4 Å². The molecule has 1 heterocycles. The van der Waals surface area contributed by atoms with E-state index < -0.39 is 5.60 Å². The molecular formula is C17H26O4. The summed E-state index contributed by atoms with van der Waals surface area (Å²) in [7, 11) is 1.65. The van der Waals surface area contributed by atoms with Gasteiger partial charge in [-0.15, -0.1) is 0 Å². The maximum absolute atomic E-state index is 11.1. The standard InChI is InChI=1S/C17H26O4/c1-13(2)16-12-17(18,8-9-20-16)14-6-4-5-7-15(14)21-11-10-19-3/h4-7,13,16,18H,8-12H2,1-3H3. The maximum atomic E-state index is 11.1. The number of ether oxygens (including phenoxy) is 3. The van der Waals surface area contributed by atoms with Crippen LogP contribution in [0.25, 0.3) is 0 Å². The van der Waals surface area contributed by atoms with E-state index >= 15 is 0 Å². The number of para-hydroxylation sites is 1. The molecule has 1 saturated heterocycles. The number of hydrogen-bond donors (Lipinski definition) is 1. The Kier molecular flexibility index (Phi) is 5.62. The molecule has 2 rings (SSSR count). The van der Waals surface area contributed by atoms with Gasteiger partial charge in [0.1, 0.15) is 12.4 Å². The highest BCUT2D eigenvalue weighted by Crippen LogP contribution is 2.40. The Labute approximate surface area is 127 Å². The first-order valence-electron chi connectivity index (χ1n) is 7.62. The van der Waals surface area contributed by atoms with Gasteiger partial charge in [0, 0.05) is 25.5 Å². The van der Waals surface area contributed by atoms with Crippen LogP contribution in [0.5, 0.6) is 5.75 Å². The van der Waals surface area contributed by atoms with Crippen LogP contribution in [0, 0.1) is 5.92 Å². The topological polar surface area (TPSA) is 47.9 Å². The van der Waals surface area contributed by atoms with Crippen molar-refractivity contribution in [2.24, 2.45) is 5.92 Å². The van der Waals surface area contributed by atoms with Crippen molar-refractivity contribution < 1.29 is 19.3 Å². The van der Waals surface area contributed by atoms with Gasteiger partial charge in [-0.25, -0.2) is 0 Å². The molecule has 0 radical (unpaired) electrons. The lowest BCUT2D eigenvalue weighted by Crippen LogP contribution is -2.41. The third-order valence-electron chi connectivity index (χ3n) is 4.06. The summed E-state index contributed by atoms with van der Waals surface area (Å²) in [6.45, 7) is 5.83. The molecule has 0 spiro atoms. The number of aliphatic hydroxyl groups is 1. The summed E-state index contributed by atoms with van der Waals surface area (Å²) >= 11 is 0. The lowest BCUT2D eigenvalue weighted by molar-refractivity contribution is -0.122. The molecule has 4 heteroatoms. The third-order valence-corrected chi connectivity index (χ3v) is 4.06. The van der Waals surface area contributed by atoms with Crippen LogP contribution < -0.4 is 4.74 Å². The first kappa shape index (κ1) is 16.3. The summed E-state index contributed by atoms with van der Waals surface area (Å²) in [4.78, 5) is 0. The Bertz CT molecular complexity index is 446. The number of benzene rings is 1. The van der Waals surface area contributed by atoms with Crippen LogP contribution in [-0.2, 0) is 15.1 Å². The molecule has 2 unspecified atom stereocenters. The van der Waals surface area contributed by atoms with Gasteiger partial charge in [-0.3, -0.25) is 0 Å². The van der Waals surface area contributed by atoms with Gasteiger partial charge in [-0.2, -0.15) is 0 Å². The second kappa shape index (κ2) is 7.25. The monoisotopic (exact) mass is 294 g/mol. The molecule has 0 amide bonds. The third kappa shape index (κ3) is 3.96. The van der Waals surface area contributed by atoms with Gasteiger partial charge in [0.15, 0.2) is 0 Å². The predicted octanol–water partition coefficient (Wildman–Crippen LogP) is 2.73. The molecule has 1 fully saturated rings. The lowest BCUT2D eigenvalue weighted by atomic mass is 9.80. The Hall–Kier alpha value is -1.10. The molecule has 0 bridgehead atoms. The lowest BCUT2D eigenvalue weighted by Gasteiger charge is -2.39. The smallest absolute Gasteiger partial charge is 0.125 e. The highest BCUT2D eigenvalue weighted by atomic mass is 16.5. The Balaban J connectivity index is 2.19. The summed E-state index contributed by atoms with van der Waals surface area (Å²) in [6.07, 6.45) is 1.28. The molecule has 1 N–H and O–H groups in total. The van der Waals surface area contributed by atoms with Gasteiger partial charge in [-0.1, -0.05) is 32.0 Å². The van der Waals surface area contributed by atoms with E-state index in [9.17, 15) is 5.11 Å². The zero-order valence-corrected chi connectivity index (χ0v) is 13.2. The fourth-order valence-electron chi connectivity index (χ4n) is 2.76. The molecule has 0 aliphatic carbocycles. The van der Waals surface area contributed by atoms with Crippen molar-refractivity contribution >= 4 is 0 Å². The first-order chi connectivity index (χ1) is 10.1. The summed E-state index contributed by atoms with van der Waals surface area (Å²) in [5.74, 6) is 1.12. The normalized spacial score (nSPS) is 26.0. The molecule has 1 aromatic rings. The average molecular weight is 294 g/mol. The molecule has 4 nitrogen and oxygen atoms in total. The van der Waals surface area contributed by atoms with Crippen molar-refractivity contribution in [1.82, 2.24) is 0 Å².